The lowest BCUT2D eigenvalue weighted by molar-refractivity contribution is -0.143. The second-order valence-electron chi connectivity index (χ2n) is 6.96. The highest BCUT2D eigenvalue weighted by molar-refractivity contribution is 6.15. The van der Waals surface area contributed by atoms with Gasteiger partial charge in [-0.05, 0) is 47.7 Å². The van der Waals surface area contributed by atoms with Crippen LogP contribution in [0.4, 0.5) is 0 Å². The molecule has 1 aliphatic rings. The number of tetrazole rings is 1. The number of hydrogen-bond acceptors (Lipinski definition) is 6. The van der Waals surface area contributed by atoms with Crippen molar-refractivity contribution in [2.45, 2.75) is 39.0 Å². The number of ether oxygens (including phenoxy) is 1. The molecule has 0 radical (unpaired) electrons. The molecule has 1 aromatic heterocycles. The first-order valence-corrected chi connectivity index (χ1v) is 9.59. The summed E-state index contributed by atoms with van der Waals surface area (Å²) in [4.78, 5) is 24.7. The van der Waals surface area contributed by atoms with Crippen LogP contribution in [0.1, 0.15) is 43.5 Å². The van der Waals surface area contributed by atoms with Gasteiger partial charge in [-0.2, -0.15) is 4.68 Å². The number of carbonyl (C=O) groups is 2. The molecule has 1 saturated carbocycles. The Bertz CT molecular complexity index is 825. The van der Waals surface area contributed by atoms with Crippen LogP contribution in [-0.2, 0) is 14.3 Å². The van der Waals surface area contributed by atoms with Gasteiger partial charge in [-0.25, -0.2) is 4.79 Å². The van der Waals surface area contributed by atoms with Gasteiger partial charge in [0.25, 0.3) is 5.91 Å². The Labute approximate surface area is 164 Å². The van der Waals surface area contributed by atoms with Crippen molar-refractivity contribution in [3.05, 3.63) is 41.7 Å². The summed E-state index contributed by atoms with van der Waals surface area (Å²) in [5.74, 6) is 0.00480. The van der Waals surface area contributed by atoms with Crippen molar-refractivity contribution < 1.29 is 14.3 Å². The van der Waals surface area contributed by atoms with Gasteiger partial charge >= 0.3 is 5.97 Å². The molecule has 1 fully saturated rings. The molecule has 0 aliphatic heterocycles. The minimum Gasteiger partial charge on any atom is -0.451 e. The highest BCUT2D eigenvalue weighted by atomic mass is 16.5. The molecule has 2 aromatic rings. The summed E-state index contributed by atoms with van der Waals surface area (Å²) in [5.41, 5.74) is 0.944. The number of rotatable bonds is 7. The Morgan fingerprint density at radius 3 is 2.64 bits per heavy atom. The van der Waals surface area contributed by atoms with E-state index in [0.717, 1.165) is 18.4 Å². The lowest BCUT2D eigenvalue weighted by Gasteiger charge is -2.21. The monoisotopic (exact) mass is 383 g/mol. The predicted molar refractivity (Wildman–Crippen MR) is 104 cm³/mol. The summed E-state index contributed by atoms with van der Waals surface area (Å²) in [6.07, 6.45) is 7.62. The second-order valence-corrected chi connectivity index (χ2v) is 6.96. The van der Waals surface area contributed by atoms with E-state index in [-0.39, 0.29) is 18.2 Å². The fourth-order valence-corrected chi connectivity index (χ4v) is 3.27. The molecule has 1 heterocycles. The van der Waals surface area contributed by atoms with Crippen LogP contribution in [0.2, 0.25) is 0 Å². The van der Waals surface area contributed by atoms with Crippen LogP contribution in [0.3, 0.4) is 0 Å². The zero-order valence-electron chi connectivity index (χ0n) is 16.0. The maximum Gasteiger partial charge on any atom is 0.357 e. The van der Waals surface area contributed by atoms with Crippen LogP contribution in [0.25, 0.3) is 11.8 Å². The summed E-state index contributed by atoms with van der Waals surface area (Å²) >= 11 is 0. The predicted octanol–water partition coefficient (Wildman–Crippen LogP) is 2.22. The van der Waals surface area contributed by atoms with Gasteiger partial charge in [0.05, 0.1) is 0 Å². The molecular formula is C20H25N5O3. The Morgan fingerprint density at radius 2 is 1.96 bits per heavy atom. The van der Waals surface area contributed by atoms with Crippen LogP contribution in [0.5, 0.6) is 0 Å². The van der Waals surface area contributed by atoms with Gasteiger partial charge < -0.3 is 10.1 Å². The Morgan fingerprint density at radius 1 is 1.21 bits per heavy atom. The summed E-state index contributed by atoms with van der Waals surface area (Å²) in [6.45, 7) is 1.98. The van der Waals surface area contributed by atoms with Crippen molar-refractivity contribution >= 4 is 23.6 Å². The number of carbonyl (C=O) groups excluding carboxylic acids is 2. The molecule has 0 bridgehead atoms. The number of hydrogen-bond donors (Lipinski definition) is 1. The largest absolute Gasteiger partial charge is 0.451 e. The Hall–Kier alpha value is -3.03. The first-order valence-electron chi connectivity index (χ1n) is 9.59. The van der Waals surface area contributed by atoms with E-state index in [9.17, 15) is 9.59 Å². The fraction of sp³-hybridized carbons (Fsp3) is 0.450. The van der Waals surface area contributed by atoms with E-state index in [4.69, 9.17) is 4.74 Å². The van der Waals surface area contributed by atoms with Crippen LogP contribution in [0, 0.1) is 12.8 Å². The third kappa shape index (κ3) is 5.48. The number of nitrogens with zero attached hydrogens (tertiary/aromatic N) is 4. The number of amides is 1. The molecule has 0 spiro atoms. The van der Waals surface area contributed by atoms with Crippen LogP contribution in [0.15, 0.2) is 30.3 Å². The average molecular weight is 383 g/mol. The maximum atomic E-state index is 12.6. The van der Waals surface area contributed by atoms with Crippen LogP contribution >= 0.6 is 0 Å². The van der Waals surface area contributed by atoms with Gasteiger partial charge in [-0.3, -0.25) is 4.79 Å². The smallest absolute Gasteiger partial charge is 0.357 e. The second kappa shape index (κ2) is 9.77. The number of aromatic nitrogens is 4. The van der Waals surface area contributed by atoms with E-state index < -0.39 is 5.97 Å². The lowest BCUT2D eigenvalue weighted by Crippen LogP contribution is -2.33. The zero-order valence-corrected chi connectivity index (χ0v) is 16.0. The van der Waals surface area contributed by atoms with Crippen molar-refractivity contribution in [3.8, 4) is 0 Å². The minimum atomic E-state index is -0.660. The molecule has 3 rings (SSSR count). The average Bonchev–Trinajstić information content (AvgIpc) is 3.15. The highest BCUT2D eigenvalue weighted by Gasteiger charge is 2.20. The first kappa shape index (κ1) is 19.7. The van der Waals surface area contributed by atoms with Crippen molar-refractivity contribution in [2.75, 3.05) is 13.2 Å². The molecule has 8 nitrogen and oxygen atoms in total. The van der Waals surface area contributed by atoms with E-state index in [1.165, 1.54) is 23.9 Å². The van der Waals surface area contributed by atoms with Crippen LogP contribution in [-0.4, -0.2) is 45.2 Å². The normalized spacial score (nSPS) is 15.2. The van der Waals surface area contributed by atoms with E-state index in [2.05, 4.69) is 20.8 Å². The molecule has 1 N–H and O–H groups in total. The summed E-state index contributed by atoms with van der Waals surface area (Å²) < 4.78 is 6.52. The first-order chi connectivity index (χ1) is 13.6. The number of benzene rings is 1. The van der Waals surface area contributed by atoms with Gasteiger partial charge in [-0.1, -0.05) is 49.6 Å². The van der Waals surface area contributed by atoms with Crippen molar-refractivity contribution in [3.63, 3.8) is 0 Å². The SMILES string of the molecule is Cc1nnnn1/C(=C/c1ccccc1)C(=O)OCC(=O)NCC1CCCCC1. The van der Waals surface area contributed by atoms with Crippen molar-refractivity contribution in [1.29, 1.82) is 0 Å². The molecular weight excluding hydrogens is 358 g/mol. The molecule has 0 saturated heterocycles. The molecule has 8 heteroatoms. The Kier molecular flexibility index (Phi) is 6.89. The van der Waals surface area contributed by atoms with Crippen LogP contribution < -0.4 is 5.32 Å². The minimum absolute atomic E-state index is 0.147. The van der Waals surface area contributed by atoms with E-state index in [1.54, 1.807) is 13.0 Å². The quantitative estimate of drug-likeness (QED) is 0.581. The topological polar surface area (TPSA) is 99.0 Å². The van der Waals surface area contributed by atoms with Gasteiger partial charge in [0.2, 0.25) is 0 Å². The van der Waals surface area contributed by atoms with Crippen molar-refractivity contribution in [2.24, 2.45) is 5.92 Å². The number of nitrogens with one attached hydrogen (secondary N) is 1. The molecule has 1 amide bonds. The van der Waals surface area contributed by atoms with Gasteiger partial charge in [0.15, 0.2) is 18.1 Å². The fourth-order valence-electron chi connectivity index (χ4n) is 3.27. The lowest BCUT2D eigenvalue weighted by atomic mass is 9.89. The molecule has 1 aliphatic carbocycles. The molecule has 148 valence electrons. The third-order valence-electron chi connectivity index (χ3n) is 4.81. The van der Waals surface area contributed by atoms with E-state index in [1.807, 2.05) is 30.3 Å². The standard InChI is InChI=1S/C20H25N5O3/c1-15-22-23-24-25(15)18(12-16-8-4-2-5-9-16)20(27)28-14-19(26)21-13-17-10-6-3-7-11-17/h2,4-5,8-9,12,17H,3,6-7,10-11,13-14H2,1H3,(H,21,26)/b18-12+. The molecule has 1 aromatic carbocycles. The molecule has 28 heavy (non-hydrogen) atoms. The summed E-state index contributed by atoms with van der Waals surface area (Å²) in [6, 6.07) is 9.31. The third-order valence-corrected chi connectivity index (χ3v) is 4.81. The maximum absolute atomic E-state index is 12.6. The van der Waals surface area contributed by atoms with Gasteiger partial charge in [0.1, 0.15) is 0 Å². The molecule has 0 unspecified atom stereocenters. The molecule has 0 atom stereocenters. The summed E-state index contributed by atoms with van der Waals surface area (Å²) in [5, 5.41) is 14.1. The van der Waals surface area contributed by atoms with E-state index >= 15 is 0 Å². The van der Waals surface area contributed by atoms with E-state index in [0.29, 0.717) is 18.3 Å². The van der Waals surface area contributed by atoms with Gasteiger partial charge in [0, 0.05) is 6.54 Å². The zero-order chi connectivity index (χ0) is 19.8. The van der Waals surface area contributed by atoms with Crippen molar-refractivity contribution in [1.82, 2.24) is 25.5 Å². The Balaban J connectivity index is 1.61. The number of aryl methyl sites for hydroxylation is 1. The number of esters is 1. The highest BCUT2D eigenvalue weighted by Crippen LogP contribution is 2.22. The van der Waals surface area contributed by atoms with Gasteiger partial charge in [-0.15, -0.1) is 5.10 Å². The summed E-state index contributed by atoms with van der Waals surface area (Å²) in [7, 11) is 0.